The lowest BCUT2D eigenvalue weighted by Gasteiger charge is -2.24. The van der Waals surface area contributed by atoms with Gasteiger partial charge in [0.25, 0.3) is 0 Å². The number of halogens is 1. The smallest absolute Gasteiger partial charge is 0.122 e. The van der Waals surface area contributed by atoms with Gasteiger partial charge in [0.05, 0.1) is 0 Å². The molecule has 1 aliphatic heterocycles. The second-order valence-corrected chi connectivity index (χ2v) is 4.27. The van der Waals surface area contributed by atoms with E-state index in [1.54, 1.807) is 19.1 Å². The summed E-state index contributed by atoms with van der Waals surface area (Å²) in [5.41, 5.74) is 0.682. The number of alkyl halides is 1. The van der Waals surface area contributed by atoms with E-state index in [-0.39, 0.29) is 6.10 Å². The van der Waals surface area contributed by atoms with Gasteiger partial charge in [0.1, 0.15) is 18.0 Å². The Morgan fingerprint density at radius 2 is 2.38 bits per heavy atom. The number of rotatable bonds is 3. The van der Waals surface area contributed by atoms with Gasteiger partial charge in [0, 0.05) is 6.54 Å². The topological polar surface area (TPSA) is 21.3 Å². The minimum atomic E-state index is -0.937. The van der Waals surface area contributed by atoms with E-state index in [0.717, 1.165) is 31.7 Å². The van der Waals surface area contributed by atoms with Gasteiger partial charge in [0.2, 0.25) is 0 Å². The Morgan fingerprint density at radius 1 is 1.50 bits per heavy atom. The number of ether oxygens (including phenoxy) is 1. The molecular weight excluding hydrogens is 205 g/mol. The number of hydrogen-bond acceptors (Lipinski definition) is 2. The molecule has 88 valence electrons. The molecule has 0 saturated carbocycles. The van der Waals surface area contributed by atoms with Crippen LogP contribution < -0.4 is 10.1 Å². The summed E-state index contributed by atoms with van der Waals surface area (Å²) in [6, 6.07) is 7.31. The first-order valence-electron chi connectivity index (χ1n) is 5.87. The van der Waals surface area contributed by atoms with E-state index in [1.807, 2.05) is 12.1 Å². The summed E-state index contributed by atoms with van der Waals surface area (Å²) in [6.45, 7) is 3.50. The maximum absolute atomic E-state index is 13.1. The molecule has 2 atom stereocenters. The lowest BCUT2D eigenvalue weighted by atomic mass is 10.1. The molecule has 16 heavy (non-hydrogen) atoms. The van der Waals surface area contributed by atoms with Gasteiger partial charge in [-0.05, 0) is 44.0 Å². The van der Waals surface area contributed by atoms with Crippen molar-refractivity contribution in [1.82, 2.24) is 5.32 Å². The van der Waals surface area contributed by atoms with Crippen LogP contribution in [0.2, 0.25) is 0 Å². The van der Waals surface area contributed by atoms with E-state index in [9.17, 15) is 4.39 Å². The minimum absolute atomic E-state index is 0.221. The highest BCUT2D eigenvalue weighted by atomic mass is 19.1. The number of benzene rings is 1. The minimum Gasteiger partial charge on any atom is -0.489 e. The van der Waals surface area contributed by atoms with Crippen molar-refractivity contribution >= 4 is 0 Å². The zero-order valence-corrected chi connectivity index (χ0v) is 9.58. The average Bonchev–Trinajstić information content (AvgIpc) is 2.30. The molecule has 0 aromatic heterocycles. The number of piperidine rings is 1. The van der Waals surface area contributed by atoms with Crippen LogP contribution in [0.1, 0.15) is 31.5 Å². The molecular formula is C13H18FNO. The third-order valence-corrected chi connectivity index (χ3v) is 2.87. The van der Waals surface area contributed by atoms with Crippen LogP contribution in [0.25, 0.3) is 0 Å². The van der Waals surface area contributed by atoms with E-state index in [2.05, 4.69) is 5.32 Å². The van der Waals surface area contributed by atoms with Crippen molar-refractivity contribution in [1.29, 1.82) is 0 Å². The normalized spacial score (nSPS) is 22.8. The fourth-order valence-corrected chi connectivity index (χ4v) is 1.95. The molecule has 2 unspecified atom stereocenters. The van der Waals surface area contributed by atoms with E-state index in [1.165, 1.54) is 0 Å². The summed E-state index contributed by atoms with van der Waals surface area (Å²) >= 11 is 0. The van der Waals surface area contributed by atoms with Crippen LogP contribution in [0.4, 0.5) is 4.39 Å². The fourth-order valence-electron chi connectivity index (χ4n) is 1.95. The van der Waals surface area contributed by atoms with E-state index in [4.69, 9.17) is 4.74 Å². The molecule has 3 heteroatoms. The SMILES string of the molecule is CC(F)c1cccc(OC2CCCNC2)c1. The van der Waals surface area contributed by atoms with Gasteiger partial charge < -0.3 is 10.1 Å². The Bertz CT molecular complexity index is 334. The molecule has 1 fully saturated rings. The van der Waals surface area contributed by atoms with Crippen molar-refractivity contribution < 1.29 is 9.13 Å². The summed E-state index contributed by atoms with van der Waals surface area (Å²) in [5.74, 6) is 0.774. The predicted molar refractivity (Wildman–Crippen MR) is 62.5 cm³/mol. The Labute approximate surface area is 95.8 Å². The zero-order chi connectivity index (χ0) is 11.4. The molecule has 1 aliphatic rings. The number of hydrogen-bond donors (Lipinski definition) is 1. The van der Waals surface area contributed by atoms with Gasteiger partial charge in [-0.25, -0.2) is 4.39 Å². The average molecular weight is 223 g/mol. The van der Waals surface area contributed by atoms with Crippen molar-refractivity contribution in [2.24, 2.45) is 0 Å². The monoisotopic (exact) mass is 223 g/mol. The van der Waals surface area contributed by atoms with E-state index < -0.39 is 6.17 Å². The van der Waals surface area contributed by atoms with Crippen LogP contribution in [-0.4, -0.2) is 19.2 Å². The van der Waals surface area contributed by atoms with Crippen molar-refractivity contribution in [2.45, 2.75) is 32.0 Å². The molecule has 1 heterocycles. The molecule has 0 radical (unpaired) electrons. The van der Waals surface area contributed by atoms with Gasteiger partial charge >= 0.3 is 0 Å². The first-order valence-corrected chi connectivity index (χ1v) is 5.87. The molecule has 2 rings (SSSR count). The fraction of sp³-hybridized carbons (Fsp3) is 0.538. The first-order chi connectivity index (χ1) is 7.75. The van der Waals surface area contributed by atoms with Gasteiger partial charge in [-0.2, -0.15) is 0 Å². The van der Waals surface area contributed by atoms with Crippen molar-refractivity contribution in [2.75, 3.05) is 13.1 Å². The molecule has 0 aliphatic carbocycles. The highest BCUT2D eigenvalue weighted by Crippen LogP contribution is 2.23. The van der Waals surface area contributed by atoms with Crippen molar-refractivity contribution in [3.8, 4) is 5.75 Å². The Morgan fingerprint density at radius 3 is 3.06 bits per heavy atom. The van der Waals surface area contributed by atoms with Gasteiger partial charge in [-0.15, -0.1) is 0 Å². The quantitative estimate of drug-likeness (QED) is 0.850. The Kier molecular flexibility index (Phi) is 3.78. The molecule has 1 N–H and O–H groups in total. The zero-order valence-electron chi connectivity index (χ0n) is 9.58. The van der Waals surface area contributed by atoms with Crippen LogP contribution in [0.15, 0.2) is 24.3 Å². The molecule has 0 amide bonds. The largest absolute Gasteiger partial charge is 0.489 e. The van der Waals surface area contributed by atoms with E-state index >= 15 is 0 Å². The standard InChI is InChI=1S/C13H18FNO/c1-10(14)11-4-2-5-12(8-11)16-13-6-3-7-15-9-13/h2,4-5,8,10,13,15H,3,6-7,9H2,1H3. The van der Waals surface area contributed by atoms with E-state index in [0.29, 0.717) is 5.56 Å². The summed E-state index contributed by atoms with van der Waals surface area (Å²) in [5, 5.41) is 3.29. The van der Waals surface area contributed by atoms with Crippen molar-refractivity contribution in [3.05, 3.63) is 29.8 Å². The summed E-state index contributed by atoms with van der Waals surface area (Å²) < 4.78 is 18.9. The van der Waals surface area contributed by atoms with Gasteiger partial charge in [-0.1, -0.05) is 12.1 Å². The molecule has 1 aromatic carbocycles. The van der Waals surface area contributed by atoms with Crippen molar-refractivity contribution in [3.63, 3.8) is 0 Å². The molecule has 1 aromatic rings. The van der Waals surface area contributed by atoms with Gasteiger partial charge in [-0.3, -0.25) is 0 Å². The summed E-state index contributed by atoms with van der Waals surface area (Å²) in [6.07, 6.45) is 1.50. The lowest BCUT2D eigenvalue weighted by molar-refractivity contribution is 0.166. The van der Waals surface area contributed by atoms with Crippen LogP contribution >= 0.6 is 0 Å². The van der Waals surface area contributed by atoms with Gasteiger partial charge in [0.15, 0.2) is 0 Å². The number of nitrogens with one attached hydrogen (secondary N) is 1. The first kappa shape index (κ1) is 11.4. The van der Waals surface area contributed by atoms with Crippen LogP contribution in [0.3, 0.4) is 0 Å². The maximum atomic E-state index is 13.1. The summed E-state index contributed by atoms with van der Waals surface area (Å²) in [7, 11) is 0. The van der Waals surface area contributed by atoms with Crippen LogP contribution in [0.5, 0.6) is 5.75 Å². The molecule has 2 nitrogen and oxygen atoms in total. The third-order valence-electron chi connectivity index (χ3n) is 2.87. The third kappa shape index (κ3) is 2.95. The highest BCUT2D eigenvalue weighted by molar-refractivity contribution is 5.29. The lowest BCUT2D eigenvalue weighted by Crippen LogP contribution is -2.37. The Hall–Kier alpha value is -1.09. The highest BCUT2D eigenvalue weighted by Gasteiger charge is 2.14. The van der Waals surface area contributed by atoms with Crippen LogP contribution in [-0.2, 0) is 0 Å². The second-order valence-electron chi connectivity index (χ2n) is 4.27. The molecule has 0 spiro atoms. The molecule has 1 saturated heterocycles. The Balaban J connectivity index is 2.00. The van der Waals surface area contributed by atoms with Crippen LogP contribution in [0, 0.1) is 0 Å². The second kappa shape index (κ2) is 5.30. The summed E-state index contributed by atoms with van der Waals surface area (Å²) in [4.78, 5) is 0. The predicted octanol–water partition coefficient (Wildman–Crippen LogP) is 2.85. The molecule has 0 bridgehead atoms. The maximum Gasteiger partial charge on any atom is 0.122 e.